The molecule has 0 spiro atoms. The van der Waals surface area contributed by atoms with Crippen molar-refractivity contribution >= 4 is 5.78 Å². The van der Waals surface area contributed by atoms with Crippen molar-refractivity contribution in [3.05, 3.63) is 11.6 Å². The summed E-state index contributed by atoms with van der Waals surface area (Å²) in [5.41, 5.74) is 2.29. The zero-order chi connectivity index (χ0) is 11.4. The van der Waals surface area contributed by atoms with E-state index in [0.717, 1.165) is 18.8 Å². The Morgan fingerprint density at radius 1 is 1.19 bits per heavy atom. The van der Waals surface area contributed by atoms with Crippen LogP contribution >= 0.6 is 0 Å². The largest absolute Gasteiger partial charge is 0.295 e. The van der Waals surface area contributed by atoms with Gasteiger partial charge in [-0.2, -0.15) is 0 Å². The van der Waals surface area contributed by atoms with E-state index in [0.29, 0.717) is 16.6 Å². The maximum atomic E-state index is 11.5. The zero-order valence-corrected chi connectivity index (χ0v) is 10.5. The van der Waals surface area contributed by atoms with Crippen LogP contribution in [0.2, 0.25) is 0 Å². The Morgan fingerprint density at radius 3 is 2.56 bits per heavy atom. The molecule has 2 fully saturated rings. The third-order valence-corrected chi connectivity index (χ3v) is 6.10. The molecule has 16 heavy (non-hydrogen) atoms. The highest BCUT2D eigenvalue weighted by Crippen LogP contribution is 2.65. The zero-order valence-electron chi connectivity index (χ0n) is 10.5. The summed E-state index contributed by atoms with van der Waals surface area (Å²) in [6, 6.07) is 0. The summed E-state index contributed by atoms with van der Waals surface area (Å²) in [5, 5.41) is 0. The summed E-state index contributed by atoms with van der Waals surface area (Å²) in [4.78, 5) is 11.5. The third-order valence-electron chi connectivity index (χ3n) is 6.10. The van der Waals surface area contributed by atoms with Gasteiger partial charge < -0.3 is 0 Å². The van der Waals surface area contributed by atoms with Crippen LogP contribution in [0.4, 0.5) is 0 Å². The van der Waals surface area contributed by atoms with Crippen molar-refractivity contribution in [3.8, 4) is 0 Å². The van der Waals surface area contributed by atoms with Crippen molar-refractivity contribution in [1.29, 1.82) is 0 Å². The molecule has 2 atom stereocenters. The number of fused-ring (bicyclic) bond motifs is 1. The molecule has 1 nitrogen and oxygen atoms in total. The van der Waals surface area contributed by atoms with Gasteiger partial charge in [0.15, 0.2) is 5.78 Å². The molecular formula is C15H22O. The van der Waals surface area contributed by atoms with Crippen LogP contribution in [0.3, 0.4) is 0 Å². The van der Waals surface area contributed by atoms with Crippen molar-refractivity contribution in [2.45, 2.75) is 58.8 Å². The molecule has 2 unspecified atom stereocenters. The molecule has 0 radical (unpaired) electrons. The maximum Gasteiger partial charge on any atom is 0.155 e. The van der Waals surface area contributed by atoms with Gasteiger partial charge in [0, 0.05) is 6.42 Å². The Labute approximate surface area is 98.3 Å². The molecule has 0 bridgehead atoms. The normalized spacial score (nSPS) is 43.9. The molecule has 0 aromatic rings. The van der Waals surface area contributed by atoms with Crippen molar-refractivity contribution in [3.63, 3.8) is 0 Å². The fraction of sp³-hybridized carbons (Fsp3) is 0.800. The standard InChI is InChI=1S/C15H22O/c1-14(11-4-3-5-11)8-6-12-10-13(16)7-9-15(12,14)2/h10-11H,3-9H2,1-2H3. The van der Waals surface area contributed by atoms with Crippen molar-refractivity contribution < 1.29 is 4.79 Å². The van der Waals surface area contributed by atoms with Gasteiger partial charge in [0.25, 0.3) is 0 Å². The van der Waals surface area contributed by atoms with Crippen LogP contribution in [0, 0.1) is 16.7 Å². The van der Waals surface area contributed by atoms with Crippen LogP contribution in [-0.4, -0.2) is 5.78 Å². The van der Waals surface area contributed by atoms with Crippen LogP contribution in [0.15, 0.2) is 11.6 Å². The van der Waals surface area contributed by atoms with Crippen LogP contribution < -0.4 is 0 Å². The fourth-order valence-electron chi connectivity index (χ4n) is 4.33. The molecule has 3 rings (SSSR count). The molecule has 0 aliphatic heterocycles. The summed E-state index contributed by atoms with van der Waals surface area (Å²) in [7, 11) is 0. The molecular weight excluding hydrogens is 196 g/mol. The first-order chi connectivity index (χ1) is 7.56. The van der Waals surface area contributed by atoms with Crippen LogP contribution in [0.25, 0.3) is 0 Å². The first-order valence-corrected chi connectivity index (χ1v) is 6.80. The van der Waals surface area contributed by atoms with Gasteiger partial charge in [0.05, 0.1) is 0 Å². The number of allylic oxidation sites excluding steroid dienone is 2. The molecule has 1 heteroatoms. The van der Waals surface area contributed by atoms with E-state index in [2.05, 4.69) is 13.8 Å². The van der Waals surface area contributed by atoms with E-state index in [1.807, 2.05) is 6.08 Å². The molecule has 0 saturated heterocycles. The number of ketones is 1. The summed E-state index contributed by atoms with van der Waals surface area (Å²) >= 11 is 0. The Morgan fingerprint density at radius 2 is 1.94 bits per heavy atom. The third kappa shape index (κ3) is 1.15. The average Bonchev–Trinajstić information content (AvgIpc) is 2.39. The lowest BCUT2D eigenvalue weighted by Crippen LogP contribution is -2.44. The summed E-state index contributed by atoms with van der Waals surface area (Å²) in [5.74, 6) is 1.29. The first kappa shape index (κ1) is 10.6. The molecule has 0 amide bonds. The van der Waals surface area contributed by atoms with Crippen molar-refractivity contribution in [2.75, 3.05) is 0 Å². The van der Waals surface area contributed by atoms with Gasteiger partial charge in [-0.25, -0.2) is 0 Å². The molecule has 88 valence electrons. The van der Waals surface area contributed by atoms with E-state index >= 15 is 0 Å². The number of carbonyl (C=O) groups excluding carboxylic acids is 1. The van der Waals surface area contributed by atoms with Crippen LogP contribution in [-0.2, 0) is 4.79 Å². The van der Waals surface area contributed by atoms with Gasteiger partial charge in [0.1, 0.15) is 0 Å². The fourth-order valence-corrected chi connectivity index (χ4v) is 4.33. The maximum absolute atomic E-state index is 11.5. The number of hydrogen-bond donors (Lipinski definition) is 0. The van der Waals surface area contributed by atoms with Gasteiger partial charge in [-0.15, -0.1) is 0 Å². The lowest BCUT2D eigenvalue weighted by atomic mass is 9.53. The van der Waals surface area contributed by atoms with Gasteiger partial charge in [0.2, 0.25) is 0 Å². The van der Waals surface area contributed by atoms with E-state index < -0.39 is 0 Å². The first-order valence-electron chi connectivity index (χ1n) is 6.80. The minimum Gasteiger partial charge on any atom is -0.295 e. The number of carbonyl (C=O) groups is 1. The molecule has 0 N–H and O–H groups in total. The van der Waals surface area contributed by atoms with E-state index in [4.69, 9.17) is 0 Å². The second-order valence-corrected chi connectivity index (χ2v) is 6.51. The topological polar surface area (TPSA) is 17.1 Å². The Bertz CT molecular complexity index is 364. The van der Waals surface area contributed by atoms with E-state index in [-0.39, 0.29) is 0 Å². The van der Waals surface area contributed by atoms with E-state index in [1.165, 1.54) is 37.7 Å². The van der Waals surface area contributed by atoms with Crippen molar-refractivity contribution in [1.82, 2.24) is 0 Å². The molecule has 0 aromatic carbocycles. The Hall–Kier alpha value is -0.590. The molecule has 0 aromatic heterocycles. The number of rotatable bonds is 1. The molecule has 2 saturated carbocycles. The van der Waals surface area contributed by atoms with Crippen LogP contribution in [0.1, 0.15) is 58.8 Å². The van der Waals surface area contributed by atoms with Crippen molar-refractivity contribution in [2.24, 2.45) is 16.7 Å². The second-order valence-electron chi connectivity index (χ2n) is 6.51. The number of hydrogen-bond acceptors (Lipinski definition) is 1. The van der Waals surface area contributed by atoms with Gasteiger partial charge >= 0.3 is 0 Å². The molecule has 3 aliphatic carbocycles. The minimum atomic E-state index is 0.339. The summed E-state index contributed by atoms with van der Waals surface area (Å²) in [6.07, 6.45) is 10.6. The quantitative estimate of drug-likeness (QED) is 0.652. The lowest BCUT2D eigenvalue weighted by molar-refractivity contribution is -0.116. The Balaban J connectivity index is 1.99. The smallest absolute Gasteiger partial charge is 0.155 e. The minimum absolute atomic E-state index is 0.339. The second kappa shape index (κ2) is 3.21. The highest BCUT2D eigenvalue weighted by Gasteiger charge is 2.56. The average molecular weight is 218 g/mol. The van der Waals surface area contributed by atoms with E-state index in [1.54, 1.807) is 0 Å². The predicted molar refractivity (Wildman–Crippen MR) is 65.1 cm³/mol. The highest BCUT2D eigenvalue weighted by molar-refractivity contribution is 5.91. The summed E-state index contributed by atoms with van der Waals surface area (Å²) < 4.78 is 0. The monoisotopic (exact) mass is 218 g/mol. The SMILES string of the molecule is CC12CCC(=O)C=C1CCC2(C)C1CCC1. The lowest BCUT2D eigenvalue weighted by Gasteiger charge is -2.51. The van der Waals surface area contributed by atoms with Gasteiger partial charge in [-0.3, -0.25) is 4.79 Å². The van der Waals surface area contributed by atoms with Gasteiger partial charge in [-0.1, -0.05) is 25.8 Å². The van der Waals surface area contributed by atoms with Crippen LogP contribution in [0.5, 0.6) is 0 Å². The molecule has 0 heterocycles. The predicted octanol–water partition coefficient (Wildman–Crippen LogP) is 3.88. The van der Waals surface area contributed by atoms with E-state index in [9.17, 15) is 4.79 Å². The summed E-state index contributed by atoms with van der Waals surface area (Å²) in [6.45, 7) is 4.92. The molecule has 3 aliphatic rings. The highest BCUT2D eigenvalue weighted by atomic mass is 16.1. The Kier molecular flexibility index (Phi) is 2.12. The van der Waals surface area contributed by atoms with Gasteiger partial charge in [-0.05, 0) is 54.9 Å².